The summed E-state index contributed by atoms with van der Waals surface area (Å²) >= 11 is 0. The third-order valence-electron chi connectivity index (χ3n) is 5.31. The topological polar surface area (TPSA) is 98.4 Å². The molecule has 34 heavy (non-hydrogen) atoms. The first kappa shape index (κ1) is 22.8. The van der Waals surface area contributed by atoms with Crippen LogP contribution in [0.5, 0.6) is 0 Å². The van der Waals surface area contributed by atoms with Gasteiger partial charge in [-0.2, -0.15) is 0 Å². The lowest BCUT2D eigenvalue weighted by molar-refractivity contribution is -0.114. The second-order valence-corrected chi connectivity index (χ2v) is 8.05. The van der Waals surface area contributed by atoms with Crippen LogP contribution >= 0.6 is 0 Å². The minimum absolute atomic E-state index is 0.163. The molecule has 0 saturated carbocycles. The number of benzene rings is 3. The van der Waals surface area contributed by atoms with Crippen molar-refractivity contribution in [3.8, 4) is 0 Å². The van der Waals surface area contributed by atoms with Crippen molar-refractivity contribution in [2.24, 2.45) is 4.99 Å². The van der Waals surface area contributed by atoms with Crippen LogP contribution in [0.1, 0.15) is 28.4 Å². The number of carbonyl (C=O) groups is 2. The van der Waals surface area contributed by atoms with E-state index in [1.54, 1.807) is 24.3 Å². The van der Waals surface area contributed by atoms with E-state index in [4.69, 9.17) is 0 Å². The lowest BCUT2D eigenvalue weighted by atomic mass is 10.1. The summed E-state index contributed by atoms with van der Waals surface area (Å²) in [6, 6.07) is 22.7. The van der Waals surface area contributed by atoms with Gasteiger partial charge in [-0.05, 0) is 66.9 Å². The fourth-order valence-electron chi connectivity index (χ4n) is 3.68. The molecule has 4 N–H and O–H groups in total. The highest BCUT2D eigenvalue weighted by molar-refractivity contribution is 6.10. The summed E-state index contributed by atoms with van der Waals surface area (Å²) in [4.78, 5) is 32.0. The average molecular weight is 454 g/mol. The number of hydrogen-bond donors (Lipinski definition) is 4. The van der Waals surface area contributed by atoms with Gasteiger partial charge >= 0.3 is 0 Å². The molecule has 0 atom stereocenters. The third-order valence-corrected chi connectivity index (χ3v) is 5.31. The molecule has 3 aromatic carbocycles. The van der Waals surface area contributed by atoms with Gasteiger partial charge in [-0.25, -0.2) is 0 Å². The quantitative estimate of drug-likeness (QED) is 0.247. The van der Waals surface area contributed by atoms with E-state index in [-0.39, 0.29) is 11.8 Å². The lowest BCUT2D eigenvalue weighted by Gasteiger charge is -2.13. The van der Waals surface area contributed by atoms with E-state index < -0.39 is 0 Å². The summed E-state index contributed by atoms with van der Waals surface area (Å²) in [7, 11) is 0. The second kappa shape index (κ2) is 10.5. The van der Waals surface area contributed by atoms with Crippen LogP contribution in [0.3, 0.4) is 0 Å². The van der Waals surface area contributed by atoms with Gasteiger partial charge in [-0.15, -0.1) is 0 Å². The Labute approximate surface area is 198 Å². The normalized spacial score (nSPS) is 11.3. The highest BCUT2D eigenvalue weighted by atomic mass is 16.2. The molecule has 0 aliphatic rings. The molecule has 0 bridgehead atoms. The number of amides is 2. The molecular weight excluding hydrogens is 426 g/mol. The molecule has 1 aromatic heterocycles. The molecule has 0 fully saturated rings. The number of para-hydroxylation sites is 1. The molecule has 2 amide bonds. The molecule has 7 nitrogen and oxygen atoms in total. The number of hydrogen-bond acceptors (Lipinski definition) is 3. The molecule has 7 heteroatoms. The molecule has 0 unspecified atom stereocenters. The van der Waals surface area contributed by atoms with Crippen molar-refractivity contribution in [3.05, 3.63) is 95.7 Å². The van der Waals surface area contributed by atoms with Crippen molar-refractivity contribution in [1.29, 1.82) is 0 Å². The number of carbonyl (C=O) groups excluding carboxylic acids is 2. The zero-order valence-electron chi connectivity index (χ0n) is 19.2. The summed E-state index contributed by atoms with van der Waals surface area (Å²) in [6.07, 6.45) is 2.73. The van der Waals surface area contributed by atoms with Crippen LogP contribution < -0.4 is 16.0 Å². The summed E-state index contributed by atoms with van der Waals surface area (Å²) in [5, 5.41) is 9.98. The fraction of sp³-hybridized carbons (Fsp3) is 0.148. The number of aromatic amines is 1. The molecule has 0 aliphatic carbocycles. The minimum Gasteiger partial charge on any atom is -0.361 e. The van der Waals surface area contributed by atoms with Crippen molar-refractivity contribution >= 4 is 40.1 Å². The summed E-state index contributed by atoms with van der Waals surface area (Å²) < 4.78 is 0. The number of fused-ring (bicyclic) bond motifs is 1. The van der Waals surface area contributed by atoms with Gasteiger partial charge in [0.05, 0.1) is 0 Å². The van der Waals surface area contributed by atoms with Gasteiger partial charge in [0.25, 0.3) is 5.91 Å². The van der Waals surface area contributed by atoms with E-state index in [0.717, 1.165) is 23.2 Å². The number of aromatic nitrogens is 1. The molecule has 4 aromatic rings. The molecule has 172 valence electrons. The Morgan fingerprint density at radius 1 is 0.912 bits per heavy atom. The number of rotatable bonds is 6. The Balaban J connectivity index is 1.49. The van der Waals surface area contributed by atoms with Crippen LogP contribution in [0.25, 0.3) is 10.9 Å². The van der Waals surface area contributed by atoms with E-state index in [2.05, 4.69) is 32.0 Å². The molecule has 0 saturated heterocycles. The van der Waals surface area contributed by atoms with Crippen molar-refractivity contribution < 1.29 is 9.59 Å². The van der Waals surface area contributed by atoms with E-state index >= 15 is 0 Å². The number of H-pyrrole nitrogens is 1. The van der Waals surface area contributed by atoms with Crippen molar-refractivity contribution in [2.75, 3.05) is 17.2 Å². The average Bonchev–Trinajstić information content (AvgIpc) is 3.22. The van der Waals surface area contributed by atoms with E-state index in [1.165, 1.54) is 17.9 Å². The van der Waals surface area contributed by atoms with E-state index in [0.29, 0.717) is 23.8 Å². The van der Waals surface area contributed by atoms with Crippen LogP contribution in [0, 0.1) is 6.92 Å². The smallest absolute Gasteiger partial charge is 0.257 e. The Kier molecular flexibility index (Phi) is 7.03. The van der Waals surface area contributed by atoms with Crippen LogP contribution in [0.4, 0.5) is 11.4 Å². The highest BCUT2D eigenvalue weighted by Crippen LogP contribution is 2.18. The number of anilines is 2. The van der Waals surface area contributed by atoms with Gasteiger partial charge in [0.1, 0.15) is 0 Å². The predicted octanol–water partition coefficient (Wildman–Crippen LogP) is 4.88. The minimum atomic E-state index is -0.291. The Morgan fingerprint density at radius 2 is 1.71 bits per heavy atom. The SMILES string of the molecule is CC(=O)Nc1ccc(C(=O)NC(=NCCc2c[nH]c3ccccc23)Nc2cccc(C)c2)cc1. The van der Waals surface area contributed by atoms with Gasteiger partial charge in [0.15, 0.2) is 0 Å². The van der Waals surface area contributed by atoms with Crippen LogP contribution in [0.2, 0.25) is 0 Å². The molecule has 0 spiro atoms. The largest absolute Gasteiger partial charge is 0.361 e. The van der Waals surface area contributed by atoms with Gasteiger partial charge in [-0.3, -0.25) is 19.9 Å². The number of aryl methyl sites for hydroxylation is 1. The Bertz CT molecular complexity index is 1340. The third kappa shape index (κ3) is 5.89. The Morgan fingerprint density at radius 3 is 2.47 bits per heavy atom. The summed E-state index contributed by atoms with van der Waals surface area (Å²) in [5.74, 6) is -0.0778. The number of nitrogens with one attached hydrogen (secondary N) is 4. The van der Waals surface area contributed by atoms with Gasteiger partial charge in [0.2, 0.25) is 11.9 Å². The number of guanidine groups is 1. The lowest BCUT2D eigenvalue weighted by Crippen LogP contribution is -2.36. The van der Waals surface area contributed by atoms with Crippen LogP contribution in [-0.4, -0.2) is 29.3 Å². The van der Waals surface area contributed by atoms with E-state index in [1.807, 2.05) is 55.6 Å². The first-order valence-corrected chi connectivity index (χ1v) is 11.1. The van der Waals surface area contributed by atoms with Crippen molar-refractivity contribution in [3.63, 3.8) is 0 Å². The first-order chi connectivity index (χ1) is 16.5. The maximum atomic E-state index is 12.9. The molecular formula is C27H27N5O2. The number of aliphatic imine (C=N–C) groups is 1. The zero-order valence-corrected chi connectivity index (χ0v) is 19.2. The monoisotopic (exact) mass is 453 g/mol. The van der Waals surface area contributed by atoms with Gasteiger partial charge in [0, 0.05) is 47.5 Å². The summed E-state index contributed by atoms with van der Waals surface area (Å²) in [5.41, 5.74) is 5.30. The van der Waals surface area contributed by atoms with Crippen LogP contribution in [0.15, 0.2) is 84.0 Å². The van der Waals surface area contributed by atoms with Gasteiger partial charge < -0.3 is 15.6 Å². The first-order valence-electron chi connectivity index (χ1n) is 11.1. The molecule has 0 aliphatic heterocycles. The van der Waals surface area contributed by atoms with Crippen molar-refractivity contribution in [1.82, 2.24) is 10.3 Å². The Hall–Kier alpha value is -4.39. The standard InChI is InChI=1S/C27H27N5O2/c1-18-6-5-7-23(16-18)31-27(28-15-14-21-17-29-25-9-4-3-8-24(21)25)32-26(34)20-10-12-22(13-11-20)30-19(2)33/h3-13,16-17,29H,14-15H2,1-2H3,(H,30,33)(H2,28,31,32,34). The maximum Gasteiger partial charge on any atom is 0.257 e. The van der Waals surface area contributed by atoms with E-state index in [9.17, 15) is 9.59 Å². The highest BCUT2D eigenvalue weighted by Gasteiger charge is 2.10. The summed E-state index contributed by atoms with van der Waals surface area (Å²) in [6.45, 7) is 3.95. The maximum absolute atomic E-state index is 12.9. The fourth-order valence-corrected chi connectivity index (χ4v) is 3.68. The molecule has 0 radical (unpaired) electrons. The predicted molar refractivity (Wildman–Crippen MR) is 137 cm³/mol. The van der Waals surface area contributed by atoms with Gasteiger partial charge in [-0.1, -0.05) is 30.3 Å². The number of nitrogens with zero attached hydrogens (tertiary/aromatic N) is 1. The molecule has 1 heterocycles. The zero-order chi connectivity index (χ0) is 23.9. The second-order valence-electron chi connectivity index (χ2n) is 8.05. The van der Waals surface area contributed by atoms with Crippen LogP contribution in [-0.2, 0) is 11.2 Å². The molecule has 4 rings (SSSR count). The van der Waals surface area contributed by atoms with Crippen molar-refractivity contribution in [2.45, 2.75) is 20.3 Å².